The molecule has 0 aromatic heterocycles. The minimum absolute atomic E-state index is 0.00111. The monoisotopic (exact) mass is 984 g/mol. The van der Waals surface area contributed by atoms with E-state index >= 15 is 0 Å². The van der Waals surface area contributed by atoms with Crippen molar-refractivity contribution in [1.29, 1.82) is 0 Å². The first-order valence-electron chi connectivity index (χ1n) is 21.8. The number of carboxylic acids is 1. The second-order valence-corrected chi connectivity index (χ2v) is 15.2. The molecule has 0 saturated heterocycles. The highest BCUT2D eigenvalue weighted by atomic mass is 16.4. The molecule has 0 radical (unpaired) electrons. The van der Waals surface area contributed by atoms with Crippen molar-refractivity contribution in [2.75, 3.05) is 39.3 Å². The smallest absolute Gasteiger partial charge is 0.326 e. The Labute approximate surface area is 398 Å². The number of rotatable bonds is 36. The van der Waals surface area contributed by atoms with Gasteiger partial charge < -0.3 is 106 Å². The maximum atomic E-state index is 14.2. The molecule has 0 fully saturated rings. The van der Waals surface area contributed by atoms with Crippen LogP contribution in [0.15, 0.2) is 25.0 Å². The maximum Gasteiger partial charge on any atom is 0.326 e. The summed E-state index contributed by atoms with van der Waals surface area (Å²) in [5.74, 6) is -8.67. The lowest BCUT2D eigenvalue weighted by molar-refractivity contribution is -0.142. The van der Waals surface area contributed by atoms with Gasteiger partial charge in [0.25, 0.3) is 0 Å². The molecular weight excluding hydrogens is 911 g/mol. The summed E-state index contributed by atoms with van der Waals surface area (Å²) in [5.41, 5.74) is 65.1. The Morgan fingerprint density at radius 3 is 0.797 bits per heavy atom. The van der Waals surface area contributed by atoms with Gasteiger partial charge >= 0.3 is 5.97 Å². The van der Waals surface area contributed by atoms with E-state index in [9.17, 15) is 43.5 Å². The molecule has 0 aromatic rings. The van der Waals surface area contributed by atoms with Crippen LogP contribution in [-0.2, 0) is 38.4 Å². The van der Waals surface area contributed by atoms with Gasteiger partial charge in [0, 0.05) is 39.1 Å². The van der Waals surface area contributed by atoms with Gasteiger partial charge in [-0.3, -0.25) is 58.5 Å². The third-order valence-electron chi connectivity index (χ3n) is 9.39. The van der Waals surface area contributed by atoms with E-state index < -0.39 is 90.1 Å². The Hall–Kier alpha value is -7.93. The number of aliphatic carboxylic acids is 1. The molecule has 0 unspecified atom stereocenters. The summed E-state index contributed by atoms with van der Waals surface area (Å²) in [7, 11) is 0. The first kappa shape index (κ1) is 61.1. The molecule has 0 rings (SSSR count). The summed E-state index contributed by atoms with van der Waals surface area (Å²) >= 11 is 0. The zero-order valence-electron chi connectivity index (χ0n) is 38.6. The molecule has 6 atom stereocenters. The molecule has 0 spiro atoms. The Kier molecular flexibility index (Phi) is 30.4. The Balaban J connectivity index is 7.00. The molecule has 0 aliphatic heterocycles. The maximum absolute atomic E-state index is 14.2. The largest absolute Gasteiger partial charge is 0.480 e. The number of guanidine groups is 5. The fraction of sp³-hybridized carbons (Fsp3) is 0.649. The van der Waals surface area contributed by atoms with Crippen LogP contribution in [0, 0.1) is 0 Å². The number of amides is 7. The summed E-state index contributed by atoms with van der Waals surface area (Å²) < 4.78 is 0. The van der Waals surface area contributed by atoms with Gasteiger partial charge in [-0.15, -0.1) is 0 Å². The van der Waals surface area contributed by atoms with Crippen LogP contribution in [0.5, 0.6) is 0 Å². The normalized spacial score (nSPS) is 13.1. The van der Waals surface area contributed by atoms with E-state index in [1.165, 1.54) is 0 Å². The molecule has 390 valence electrons. The summed E-state index contributed by atoms with van der Waals surface area (Å²) in [6.45, 7) is -0.326. The zero-order valence-corrected chi connectivity index (χ0v) is 38.6. The molecule has 7 amide bonds. The highest BCUT2D eigenvalue weighted by Crippen LogP contribution is 2.10. The van der Waals surface area contributed by atoms with E-state index in [1.807, 2.05) is 0 Å². The lowest BCUT2D eigenvalue weighted by atomic mass is 10.0. The molecule has 32 heteroatoms. The minimum Gasteiger partial charge on any atom is -0.480 e. The standard InChI is InChI=1S/C37H73N23O9/c38-18-26(62)55-19(6-1-13-50-33(40)41)27(63)56-20(7-2-14-51-34(42)43)28(64)57-21(8-3-15-52-35(44)45)29(65)58-22(9-4-16-53-36(46)47)30(66)59-23(10-5-17-54-37(48)49)31(67)60-24(32(68)69)11-12-25(39)61/h19-24H,1-18,38H2,(H2,39,61)(H,55,62)(H,56,63)(H,57,64)(H,58,65)(H,59,66)(H,60,67)(H,68,69)(H4,40,41,50)(H4,42,43,51)(H4,44,45,52)(H4,46,47,53)(H4,48,49,54)/t19-,20-,21-,22-,23-,24-/m0/s1. The van der Waals surface area contributed by atoms with Gasteiger partial charge in [0.15, 0.2) is 29.8 Å². The van der Waals surface area contributed by atoms with Gasteiger partial charge in [0.1, 0.15) is 36.3 Å². The average molecular weight is 984 g/mol. The van der Waals surface area contributed by atoms with E-state index in [1.54, 1.807) is 0 Å². The van der Waals surface area contributed by atoms with Crippen LogP contribution < -0.4 is 101 Å². The number of nitrogens with two attached hydrogens (primary N) is 12. The summed E-state index contributed by atoms with van der Waals surface area (Å²) in [5, 5.41) is 24.8. The molecule has 0 aliphatic carbocycles. The highest BCUT2D eigenvalue weighted by molar-refractivity contribution is 5.97. The van der Waals surface area contributed by atoms with Gasteiger partial charge in [0.05, 0.1) is 6.54 Å². The molecule has 0 bridgehead atoms. The topological polar surface area (TPSA) is 603 Å². The van der Waals surface area contributed by atoms with Gasteiger partial charge in [-0.2, -0.15) is 0 Å². The average Bonchev–Trinajstić information content (AvgIpc) is 3.26. The van der Waals surface area contributed by atoms with Crippen LogP contribution in [0.2, 0.25) is 0 Å². The van der Waals surface area contributed by atoms with Crippen molar-refractivity contribution in [2.45, 2.75) is 113 Å². The van der Waals surface area contributed by atoms with Crippen LogP contribution in [-0.4, -0.2) is 158 Å². The second kappa shape index (κ2) is 34.4. The lowest BCUT2D eigenvalue weighted by Crippen LogP contribution is -2.59. The van der Waals surface area contributed by atoms with E-state index in [2.05, 4.69) is 56.9 Å². The fourth-order valence-corrected chi connectivity index (χ4v) is 6.02. The number of hydrogen-bond acceptors (Lipinski definition) is 14. The lowest BCUT2D eigenvalue weighted by Gasteiger charge is -2.27. The molecular formula is C37H73N23O9. The molecule has 0 heterocycles. The summed E-state index contributed by atoms with van der Waals surface area (Å²) in [6, 6.07) is -8.49. The van der Waals surface area contributed by atoms with Crippen LogP contribution in [0.3, 0.4) is 0 Å². The molecule has 0 aliphatic rings. The van der Waals surface area contributed by atoms with Crippen LogP contribution in [0.4, 0.5) is 0 Å². The minimum atomic E-state index is -1.58. The van der Waals surface area contributed by atoms with Crippen LogP contribution in [0.1, 0.15) is 77.0 Å². The predicted molar refractivity (Wildman–Crippen MR) is 256 cm³/mol. The number of carbonyl (C=O) groups excluding carboxylic acids is 7. The first-order valence-corrected chi connectivity index (χ1v) is 21.8. The van der Waals surface area contributed by atoms with E-state index in [4.69, 9.17) is 68.8 Å². The number of aliphatic imine (C=N–C) groups is 5. The summed E-state index contributed by atoms with van der Waals surface area (Å²) in [4.78, 5) is 125. The number of primary amides is 1. The van der Waals surface area contributed by atoms with Crippen LogP contribution >= 0.6 is 0 Å². The molecule has 32 nitrogen and oxygen atoms in total. The summed E-state index contributed by atoms with van der Waals surface area (Å²) in [6.07, 6.45) is -0.587. The number of nitrogens with zero attached hydrogens (tertiary/aromatic N) is 5. The number of hydrogen-bond donors (Lipinski definition) is 19. The Morgan fingerprint density at radius 2 is 0.594 bits per heavy atom. The zero-order chi connectivity index (χ0) is 52.5. The first-order chi connectivity index (χ1) is 32.5. The third-order valence-corrected chi connectivity index (χ3v) is 9.39. The van der Waals surface area contributed by atoms with Crippen LogP contribution in [0.25, 0.3) is 0 Å². The molecule has 0 aromatic carbocycles. The van der Waals surface area contributed by atoms with Gasteiger partial charge in [-0.1, -0.05) is 0 Å². The van der Waals surface area contributed by atoms with E-state index in [0.717, 1.165) is 0 Å². The number of nitrogens with one attached hydrogen (secondary N) is 6. The van der Waals surface area contributed by atoms with Crippen molar-refractivity contribution in [2.24, 2.45) is 93.8 Å². The second-order valence-electron chi connectivity index (χ2n) is 15.2. The number of carbonyl (C=O) groups is 8. The predicted octanol–water partition coefficient (Wildman–Crippen LogP) is -9.53. The van der Waals surface area contributed by atoms with Gasteiger partial charge in [0.2, 0.25) is 41.4 Å². The molecule has 0 saturated carbocycles. The Morgan fingerprint density at radius 1 is 0.362 bits per heavy atom. The highest BCUT2D eigenvalue weighted by Gasteiger charge is 2.33. The Bertz CT molecular complexity index is 1840. The van der Waals surface area contributed by atoms with Crippen molar-refractivity contribution in [1.82, 2.24) is 31.9 Å². The van der Waals surface area contributed by atoms with E-state index in [-0.39, 0.29) is 140 Å². The molecule has 31 N–H and O–H groups in total. The van der Waals surface area contributed by atoms with Gasteiger partial charge in [-0.05, 0) is 70.6 Å². The van der Waals surface area contributed by atoms with E-state index in [0.29, 0.717) is 0 Å². The SMILES string of the molecule is NCC(=O)N[C@@H](CCCN=C(N)N)C(=O)N[C@@H](CCCN=C(N)N)C(=O)N[C@@H](CCCN=C(N)N)C(=O)N[C@@H](CCCN=C(N)N)C(=O)N[C@@H](CCCN=C(N)N)C(=O)N[C@@H](CCC(N)=O)C(=O)O. The van der Waals surface area contributed by atoms with Crippen molar-refractivity contribution in [3.63, 3.8) is 0 Å². The fourth-order valence-electron chi connectivity index (χ4n) is 6.02. The molecule has 69 heavy (non-hydrogen) atoms. The van der Waals surface area contributed by atoms with Crippen molar-refractivity contribution >= 4 is 77.1 Å². The van der Waals surface area contributed by atoms with Crippen molar-refractivity contribution < 1.29 is 43.5 Å². The van der Waals surface area contributed by atoms with Crippen molar-refractivity contribution in [3.8, 4) is 0 Å². The van der Waals surface area contributed by atoms with Crippen molar-refractivity contribution in [3.05, 3.63) is 0 Å². The quantitative estimate of drug-likeness (QED) is 0.0157. The van der Waals surface area contributed by atoms with Gasteiger partial charge in [-0.25, -0.2) is 4.79 Å². The third kappa shape index (κ3) is 30.1. The number of carboxylic acid groups (broad SMARTS) is 1.